The van der Waals surface area contributed by atoms with E-state index in [-0.39, 0.29) is 18.0 Å². The fraction of sp³-hybridized carbons (Fsp3) is 0.412. The van der Waals surface area contributed by atoms with Gasteiger partial charge in [-0.3, -0.25) is 9.69 Å². The molecule has 2 heterocycles. The number of carbonyl (C=O) groups is 1. The van der Waals surface area contributed by atoms with Gasteiger partial charge in [0, 0.05) is 44.7 Å². The summed E-state index contributed by atoms with van der Waals surface area (Å²) in [6.45, 7) is 2.02. The zero-order valence-corrected chi connectivity index (χ0v) is 13.6. The monoisotopic (exact) mass is 349 g/mol. The predicted octanol–water partition coefficient (Wildman–Crippen LogP) is 0.701. The van der Waals surface area contributed by atoms with Crippen LogP contribution in [0.5, 0.6) is 0 Å². The van der Waals surface area contributed by atoms with Gasteiger partial charge < -0.3 is 20.1 Å². The Kier molecular flexibility index (Phi) is 5.00. The normalized spacial score (nSPS) is 20.9. The fourth-order valence-electron chi connectivity index (χ4n) is 3.28. The number of benzene rings is 1. The highest BCUT2D eigenvalue weighted by Gasteiger charge is 2.31. The van der Waals surface area contributed by atoms with E-state index in [2.05, 4.69) is 5.32 Å². The van der Waals surface area contributed by atoms with Gasteiger partial charge in [0.05, 0.1) is 11.6 Å². The van der Waals surface area contributed by atoms with E-state index in [0.29, 0.717) is 31.7 Å². The van der Waals surface area contributed by atoms with E-state index in [9.17, 15) is 19.1 Å². The van der Waals surface area contributed by atoms with E-state index in [4.69, 9.17) is 5.11 Å². The van der Waals surface area contributed by atoms with E-state index < -0.39 is 18.0 Å². The highest BCUT2D eigenvalue weighted by atomic mass is 19.1. The Bertz CT molecular complexity index is 838. The number of aliphatic hydroxyl groups excluding tert-OH is 1. The van der Waals surface area contributed by atoms with E-state index in [0.717, 1.165) is 5.39 Å². The Morgan fingerprint density at radius 1 is 1.24 bits per heavy atom. The molecule has 3 rings (SSSR count). The van der Waals surface area contributed by atoms with Crippen molar-refractivity contribution in [3.8, 4) is 0 Å². The lowest BCUT2D eigenvalue weighted by Gasteiger charge is -2.17. The average Bonchev–Trinajstić information content (AvgIpc) is 2.92. The molecule has 0 bridgehead atoms. The van der Waals surface area contributed by atoms with Gasteiger partial charge in [-0.1, -0.05) is 0 Å². The third-order valence-electron chi connectivity index (χ3n) is 4.59. The Hall–Kier alpha value is -2.45. The van der Waals surface area contributed by atoms with Crippen LogP contribution in [-0.2, 0) is 6.54 Å². The molecule has 0 spiro atoms. The van der Waals surface area contributed by atoms with Crippen LogP contribution in [0.1, 0.15) is 0 Å². The number of hydrogen-bond acceptors (Lipinski definition) is 4. The minimum absolute atomic E-state index is 0.183. The maximum absolute atomic E-state index is 13.5. The van der Waals surface area contributed by atoms with E-state index in [1.54, 1.807) is 12.1 Å². The predicted molar refractivity (Wildman–Crippen MR) is 90.1 cm³/mol. The van der Waals surface area contributed by atoms with Crippen molar-refractivity contribution in [3.05, 3.63) is 46.5 Å². The molecule has 134 valence electrons. The number of likely N-dealkylation sites (tertiary alicyclic amines) is 1. The summed E-state index contributed by atoms with van der Waals surface area (Å²) in [7, 11) is 0. The summed E-state index contributed by atoms with van der Waals surface area (Å²) in [4.78, 5) is 24.7. The molecule has 2 aromatic rings. The number of hydrogen-bond donors (Lipinski definition) is 3. The van der Waals surface area contributed by atoms with Gasteiger partial charge in [0.15, 0.2) is 0 Å². The van der Waals surface area contributed by atoms with Crippen molar-refractivity contribution >= 4 is 17.0 Å². The molecule has 1 aromatic carbocycles. The molecule has 3 N–H and O–H groups in total. The summed E-state index contributed by atoms with van der Waals surface area (Å²) in [5.41, 5.74) is 0.332. The second kappa shape index (κ2) is 7.20. The summed E-state index contributed by atoms with van der Waals surface area (Å²) in [6, 6.07) is 7.45. The lowest BCUT2D eigenvalue weighted by Crippen LogP contribution is -2.33. The third-order valence-corrected chi connectivity index (χ3v) is 4.59. The number of aromatic nitrogens is 1. The number of pyridine rings is 1. The van der Waals surface area contributed by atoms with Crippen LogP contribution in [0.2, 0.25) is 0 Å². The molecule has 0 aliphatic carbocycles. The van der Waals surface area contributed by atoms with E-state index in [1.807, 2.05) is 4.90 Å². The molecule has 1 aliphatic heterocycles. The summed E-state index contributed by atoms with van der Waals surface area (Å²) in [5, 5.41) is 21.8. The topological polar surface area (TPSA) is 94.8 Å². The number of rotatable bonds is 5. The molecule has 1 amide bonds. The van der Waals surface area contributed by atoms with Crippen molar-refractivity contribution in [3.63, 3.8) is 0 Å². The zero-order valence-electron chi connectivity index (χ0n) is 13.6. The van der Waals surface area contributed by atoms with Gasteiger partial charge in [-0.05, 0) is 29.7 Å². The van der Waals surface area contributed by atoms with Gasteiger partial charge in [0.2, 0.25) is 0 Å². The molecule has 8 heteroatoms. The zero-order chi connectivity index (χ0) is 18.0. The van der Waals surface area contributed by atoms with Crippen LogP contribution in [0.4, 0.5) is 9.18 Å². The van der Waals surface area contributed by atoms with Crippen molar-refractivity contribution in [1.29, 1.82) is 0 Å². The lowest BCUT2D eigenvalue weighted by molar-refractivity contribution is 0.138. The average molecular weight is 349 g/mol. The number of nitrogens with zero attached hydrogens (tertiary/aromatic N) is 2. The number of amides is 1. The van der Waals surface area contributed by atoms with E-state index in [1.165, 1.54) is 22.8 Å². The number of nitrogens with one attached hydrogen (secondary N) is 1. The summed E-state index contributed by atoms with van der Waals surface area (Å²) >= 11 is 0. The Balaban J connectivity index is 1.69. The quantitative estimate of drug-likeness (QED) is 0.739. The molecule has 7 nitrogen and oxygen atoms in total. The summed E-state index contributed by atoms with van der Waals surface area (Å²) in [5.74, 6) is -0.582. The first-order valence-electron chi connectivity index (χ1n) is 8.10. The van der Waals surface area contributed by atoms with Gasteiger partial charge in [-0.15, -0.1) is 0 Å². The Labute approximate surface area is 143 Å². The Morgan fingerprint density at radius 3 is 2.76 bits per heavy atom. The number of carboxylic acid groups (broad SMARTS) is 1. The second-order valence-corrected chi connectivity index (χ2v) is 6.30. The van der Waals surface area contributed by atoms with Gasteiger partial charge in [0.1, 0.15) is 5.82 Å². The first-order valence-corrected chi connectivity index (χ1v) is 8.10. The van der Waals surface area contributed by atoms with Crippen molar-refractivity contribution in [1.82, 2.24) is 14.8 Å². The van der Waals surface area contributed by atoms with Gasteiger partial charge in [-0.25, -0.2) is 9.18 Å². The van der Waals surface area contributed by atoms with Crippen LogP contribution >= 0.6 is 0 Å². The minimum atomic E-state index is -1.12. The smallest absolute Gasteiger partial charge is 0.404 e. The number of β-amino-alcohol motifs (C(OH)–C–C–N with tert-alkyl or cyclic N) is 1. The van der Waals surface area contributed by atoms with Crippen LogP contribution in [0, 0.1) is 11.7 Å². The van der Waals surface area contributed by atoms with Crippen LogP contribution in [0.25, 0.3) is 10.9 Å². The van der Waals surface area contributed by atoms with Crippen LogP contribution < -0.4 is 10.9 Å². The van der Waals surface area contributed by atoms with Gasteiger partial charge in [0.25, 0.3) is 5.56 Å². The second-order valence-electron chi connectivity index (χ2n) is 6.30. The highest BCUT2D eigenvalue weighted by molar-refractivity contribution is 5.78. The largest absolute Gasteiger partial charge is 0.465 e. The SMILES string of the molecule is O=C(O)NC[C@@H]1CN(CCn2c(=O)ccc3ccc(F)cc32)C[C@@H]1O. The standard InChI is InChI=1S/C17H20FN3O4/c18-13-3-1-11-2-4-16(23)21(14(11)7-13)6-5-20-9-12(15(22)10-20)8-19-17(24)25/h1-4,7,12,15,19,22H,5-6,8-10H2,(H,24,25)/t12-,15+/m1/s1. The summed E-state index contributed by atoms with van der Waals surface area (Å²) in [6.07, 6.45) is -1.73. The summed E-state index contributed by atoms with van der Waals surface area (Å²) < 4.78 is 15.0. The first-order chi connectivity index (χ1) is 11.9. The maximum atomic E-state index is 13.5. The van der Waals surface area contributed by atoms with E-state index >= 15 is 0 Å². The molecule has 0 unspecified atom stereocenters. The third kappa shape index (κ3) is 3.97. The van der Waals surface area contributed by atoms with Crippen molar-refractivity contribution in [2.75, 3.05) is 26.2 Å². The maximum Gasteiger partial charge on any atom is 0.404 e. The van der Waals surface area contributed by atoms with Crippen molar-refractivity contribution in [2.45, 2.75) is 12.6 Å². The van der Waals surface area contributed by atoms with Crippen LogP contribution in [0.15, 0.2) is 35.1 Å². The van der Waals surface area contributed by atoms with Crippen LogP contribution in [-0.4, -0.2) is 58.1 Å². The molecule has 0 saturated carbocycles. The molecule has 0 radical (unpaired) electrons. The van der Waals surface area contributed by atoms with Crippen molar-refractivity contribution in [2.24, 2.45) is 5.92 Å². The van der Waals surface area contributed by atoms with Gasteiger partial charge in [-0.2, -0.15) is 0 Å². The molecule has 1 aromatic heterocycles. The molecule has 1 fully saturated rings. The van der Waals surface area contributed by atoms with Crippen molar-refractivity contribution < 1.29 is 19.4 Å². The number of halogens is 1. The van der Waals surface area contributed by atoms with Gasteiger partial charge >= 0.3 is 6.09 Å². The number of aliphatic hydroxyl groups is 1. The highest BCUT2D eigenvalue weighted by Crippen LogP contribution is 2.17. The Morgan fingerprint density at radius 2 is 2.00 bits per heavy atom. The molecule has 1 saturated heterocycles. The minimum Gasteiger partial charge on any atom is -0.465 e. The molecule has 25 heavy (non-hydrogen) atoms. The van der Waals surface area contributed by atoms with Crippen LogP contribution in [0.3, 0.4) is 0 Å². The molecule has 1 aliphatic rings. The first kappa shape index (κ1) is 17.4. The molecule has 2 atom stereocenters. The number of fused-ring (bicyclic) bond motifs is 1. The molecular formula is C17H20FN3O4. The fourth-order valence-corrected chi connectivity index (χ4v) is 3.28. The molecular weight excluding hydrogens is 329 g/mol. The lowest BCUT2D eigenvalue weighted by atomic mass is 10.1.